The fraction of sp³-hybridized carbons (Fsp3) is 0.571. The second kappa shape index (κ2) is 7.51. The summed E-state index contributed by atoms with van der Waals surface area (Å²) >= 11 is 3.58. The van der Waals surface area contributed by atoms with Gasteiger partial charge in [0.1, 0.15) is 11.5 Å². The lowest BCUT2D eigenvalue weighted by atomic mass is 9.76. The van der Waals surface area contributed by atoms with Gasteiger partial charge in [0.15, 0.2) is 5.78 Å². The number of halogens is 1. The molecule has 0 fully saturated rings. The van der Waals surface area contributed by atoms with Crippen LogP contribution in [0, 0.1) is 5.92 Å². The zero-order valence-electron chi connectivity index (χ0n) is 17.2. The van der Waals surface area contributed by atoms with Crippen LogP contribution >= 0.6 is 15.9 Å². The number of ether oxygens (including phenoxy) is 1. The number of ketones is 1. The van der Waals surface area contributed by atoms with E-state index in [1.54, 1.807) is 7.11 Å². The predicted molar refractivity (Wildman–Crippen MR) is 114 cm³/mol. The second-order valence-electron chi connectivity index (χ2n) is 8.83. The summed E-state index contributed by atoms with van der Waals surface area (Å²) < 4.78 is 13.0. The molecule has 1 aromatic rings. The largest absolute Gasteiger partial charge is 0.543 e. The summed E-state index contributed by atoms with van der Waals surface area (Å²) in [7, 11) is -0.391. The zero-order valence-corrected chi connectivity index (χ0v) is 19.8. The maximum absolute atomic E-state index is 13.0. The van der Waals surface area contributed by atoms with Crippen molar-refractivity contribution in [2.45, 2.75) is 65.1 Å². The molecule has 144 valence electrons. The third-order valence-corrected chi connectivity index (χ3v) is 10.8. The van der Waals surface area contributed by atoms with Crippen molar-refractivity contribution in [3.05, 3.63) is 33.8 Å². The first-order valence-corrected chi connectivity index (χ1v) is 12.9. The van der Waals surface area contributed by atoms with Crippen molar-refractivity contribution in [2.75, 3.05) is 7.11 Å². The molecular weight excluding hydrogens is 408 g/mol. The third kappa shape index (κ3) is 4.09. The van der Waals surface area contributed by atoms with Crippen molar-refractivity contribution in [3.63, 3.8) is 0 Å². The van der Waals surface area contributed by atoms with E-state index < -0.39 is 8.32 Å². The topological polar surface area (TPSA) is 35.5 Å². The minimum absolute atomic E-state index is 0.0781. The van der Waals surface area contributed by atoms with Gasteiger partial charge in [-0.3, -0.25) is 4.79 Å². The third-order valence-electron chi connectivity index (χ3n) is 5.83. The molecule has 0 unspecified atom stereocenters. The van der Waals surface area contributed by atoms with Gasteiger partial charge in [0, 0.05) is 5.56 Å². The summed E-state index contributed by atoms with van der Waals surface area (Å²) in [5, 5.41) is 0.0781. The molecule has 0 heterocycles. The van der Waals surface area contributed by atoms with Crippen LogP contribution in [0.4, 0.5) is 0 Å². The molecule has 0 bridgehead atoms. The van der Waals surface area contributed by atoms with Gasteiger partial charge in [-0.2, -0.15) is 0 Å². The number of allylic oxidation sites excluding steroid dienone is 2. The van der Waals surface area contributed by atoms with Gasteiger partial charge in [-0.15, -0.1) is 0 Å². The second-order valence-corrected chi connectivity index (χ2v) is 14.4. The van der Waals surface area contributed by atoms with Crippen molar-refractivity contribution in [2.24, 2.45) is 5.92 Å². The maximum atomic E-state index is 13.0. The molecule has 0 spiro atoms. The number of carbonyl (C=O) groups is 1. The molecule has 0 amide bonds. The summed E-state index contributed by atoms with van der Waals surface area (Å²) in [6.07, 6.45) is 2.95. The van der Waals surface area contributed by atoms with Crippen molar-refractivity contribution in [1.82, 2.24) is 0 Å². The molecule has 1 aliphatic rings. The van der Waals surface area contributed by atoms with Gasteiger partial charge in [-0.25, -0.2) is 0 Å². The monoisotopic (exact) mass is 438 g/mol. The highest BCUT2D eigenvalue weighted by molar-refractivity contribution is 9.10. The minimum atomic E-state index is -2.04. The normalized spacial score (nSPS) is 21.4. The van der Waals surface area contributed by atoms with E-state index >= 15 is 0 Å². The molecule has 3 nitrogen and oxygen atoms in total. The standard InChI is InChI=1S/C21H31BrO3Si/c1-13-9-10-14(2)20(23)19(13)15-11-18(24-6)16(22)12-17(15)25-26(7,8)21(3,4)5/h10-13,19H,9H2,1-8H3/t13-,19+/m1/s1. The minimum Gasteiger partial charge on any atom is -0.543 e. The van der Waals surface area contributed by atoms with Gasteiger partial charge in [0.25, 0.3) is 0 Å². The van der Waals surface area contributed by atoms with Crippen molar-refractivity contribution < 1.29 is 14.0 Å². The van der Waals surface area contributed by atoms with E-state index in [-0.39, 0.29) is 22.7 Å². The van der Waals surface area contributed by atoms with Crippen molar-refractivity contribution in [1.29, 1.82) is 0 Å². The highest BCUT2D eigenvalue weighted by Gasteiger charge is 2.41. The van der Waals surface area contributed by atoms with Crippen LogP contribution in [-0.4, -0.2) is 21.2 Å². The number of carbonyl (C=O) groups excluding carboxylic acids is 1. The van der Waals surface area contributed by atoms with E-state index in [4.69, 9.17) is 9.16 Å². The first-order chi connectivity index (χ1) is 11.9. The Labute approximate surface area is 167 Å². The van der Waals surface area contributed by atoms with Crippen LogP contribution in [0.2, 0.25) is 18.1 Å². The molecule has 26 heavy (non-hydrogen) atoms. The molecule has 0 N–H and O–H groups in total. The van der Waals surface area contributed by atoms with Crippen LogP contribution in [0.1, 0.15) is 52.5 Å². The Morgan fingerprint density at radius 1 is 1.19 bits per heavy atom. The molecule has 0 saturated heterocycles. The Hall–Kier alpha value is -1.07. The molecule has 0 saturated carbocycles. The summed E-state index contributed by atoms with van der Waals surface area (Å²) in [6, 6.07) is 3.95. The number of rotatable bonds is 4. The lowest BCUT2D eigenvalue weighted by Crippen LogP contribution is -2.44. The molecule has 1 aromatic carbocycles. The highest BCUT2D eigenvalue weighted by Crippen LogP contribution is 2.46. The maximum Gasteiger partial charge on any atom is 0.250 e. The van der Waals surface area contributed by atoms with Crippen LogP contribution in [0.15, 0.2) is 28.3 Å². The summed E-state index contributed by atoms with van der Waals surface area (Å²) in [6.45, 7) is 15.2. The Morgan fingerprint density at radius 3 is 2.35 bits per heavy atom. The highest BCUT2D eigenvalue weighted by atomic mass is 79.9. The average Bonchev–Trinajstić information content (AvgIpc) is 2.51. The molecule has 2 rings (SSSR count). The lowest BCUT2D eigenvalue weighted by molar-refractivity contribution is -0.118. The molecule has 0 aromatic heterocycles. The van der Waals surface area contributed by atoms with Crippen LogP contribution < -0.4 is 9.16 Å². The van der Waals surface area contributed by atoms with Gasteiger partial charge in [-0.1, -0.05) is 33.8 Å². The summed E-state index contributed by atoms with van der Waals surface area (Å²) in [4.78, 5) is 13.0. The van der Waals surface area contributed by atoms with Crippen LogP contribution in [-0.2, 0) is 4.79 Å². The van der Waals surface area contributed by atoms with E-state index in [0.29, 0.717) is 0 Å². The Kier molecular flexibility index (Phi) is 6.13. The smallest absolute Gasteiger partial charge is 0.250 e. The Morgan fingerprint density at radius 2 is 1.81 bits per heavy atom. The van der Waals surface area contributed by atoms with E-state index in [1.807, 2.05) is 25.1 Å². The fourth-order valence-electron chi connectivity index (χ4n) is 3.02. The molecule has 0 radical (unpaired) electrons. The molecular formula is C21H31BrO3Si. The molecule has 0 aliphatic heterocycles. The van der Waals surface area contributed by atoms with E-state index in [9.17, 15) is 4.79 Å². The number of benzene rings is 1. The average molecular weight is 439 g/mol. The number of methoxy groups -OCH3 is 1. The van der Waals surface area contributed by atoms with E-state index in [0.717, 1.165) is 33.5 Å². The predicted octanol–water partition coefficient (Wildman–Crippen LogP) is 6.48. The Balaban J connectivity index is 2.60. The zero-order chi connectivity index (χ0) is 19.9. The number of Topliss-reactive ketones (excluding diaryl/α,β-unsaturated/α-hetero) is 1. The molecule has 5 heteroatoms. The van der Waals surface area contributed by atoms with Crippen molar-refractivity contribution >= 4 is 30.0 Å². The Bertz CT molecular complexity index is 732. The lowest BCUT2D eigenvalue weighted by Gasteiger charge is -2.38. The van der Waals surface area contributed by atoms with E-state index in [1.165, 1.54) is 0 Å². The molecule has 2 atom stereocenters. The molecule has 1 aliphatic carbocycles. The SMILES string of the molecule is COc1cc([C@H]2C(=O)C(C)=CC[C@H]2C)c(O[Si](C)(C)C(C)(C)C)cc1Br. The quantitative estimate of drug-likeness (QED) is 0.504. The van der Waals surface area contributed by atoms with Gasteiger partial charge < -0.3 is 9.16 Å². The van der Waals surface area contributed by atoms with Gasteiger partial charge in [0.2, 0.25) is 8.32 Å². The number of hydrogen-bond acceptors (Lipinski definition) is 3. The van der Waals surface area contributed by atoms with Crippen molar-refractivity contribution in [3.8, 4) is 11.5 Å². The van der Waals surface area contributed by atoms with Gasteiger partial charge in [0.05, 0.1) is 17.5 Å². The van der Waals surface area contributed by atoms with Gasteiger partial charge >= 0.3 is 0 Å². The summed E-state index contributed by atoms with van der Waals surface area (Å²) in [5.74, 6) is 1.77. The first-order valence-electron chi connectivity index (χ1n) is 9.16. The van der Waals surface area contributed by atoms with Crippen LogP contribution in [0.5, 0.6) is 11.5 Å². The van der Waals surface area contributed by atoms with Gasteiger partial charge in [-0.05, 0) is 71.0 Å². The number of hydrogen-bond donors (Lipinski definition) is 0. The van der Waals surface area contributed by atoms with Crippen LogP contribution in [0.3, 0.4) is 0 Å². The van der Waals surface area contributed by atoms with Crippen LogP contribution in [0.25, 0.3) is 0 Å². The fourth-order valence-corrected chi connectivity index (χ4v) is 4.53. The summed E-state index contributed by atoms with van der Waals surface area (Å²) in [5.41, 5.74) is 1.79. The van der Waals surface area contributed by atoms with E-state index in [2.05, 4.69) is 56.7 Å². The first kappa shape index (κ1) is 21.2.